The van der Waals surface area contributed by atoms with E-state index in [1.807, 2.05) is 0 Å². The zero-order chi connectivity index (χ0) is 16.2. The van der Waals surface area contributed by atoms with Gasteiger partial charge in [0.05, 0.1) is 30.3 Å². The topological polar surface area (TPSA) is 59.7 Å². The summed E-state index contributed by atoms with van der Waals surface area (Å²) in [5.41, 5.74) is 1.88. The molecular weight excluding hydrogens is 297 g/mol. The van der Waals surface area contributed by atoms with E-state index in [1.54, 1.807) is 36.0 Å². The van der Waals surface area contributed by atoms with E-state index in [9.17, 15) is 9.50 Å². The van der Waals surface area contributed by atoms with Gasteiger partial charge in [-0.2, -0.15) is 5.10 Å². The van der Waals surface area contributed by atoms with Crippen molar-refractivity contribution in [1.82, 2.24) is 14.6 Å². The fourth-order valence-corrected chi connectivity index (χ4v) is 2.26. The van der Waals surface area contributed by atoms with Crippen molar-refractivity contribution in [1.29, 1.82) is 0 Å². The number of halogens is 1. The lowest BCUT2D eigenvalue weighted by atomic mass is 10.2. The van der Waals surface area contributed by atoms with Gasteiger partial charge in [-0.3, -0.25) is 4.98 Å². The van der Waals surface area contributed by atoms with Crippen LogP contribution in [-0.4, -0.2) is 26.3 Å². The summed E-state index contributed by atoms with van der Waals surface area (Å²) in [6.07, 6.45) is 3.82. The summed E-state index contributed by atoms with van der Waals surface area (Å²) in [6, 6.07) is 6.32. The van der Waals surface area contributed by atoms with Gasteiger partial charge in [0, 0.05) is 6.20 Å². The molecule has 3 heterocycles. The van der Waals surface area contributed by atoms with Gasteiger partial charge in [-0.05, 0) is 31.2 Å². The first kappa shape index (κ1) is 15.0. The maximum atomic E-state index is 13.0. The molecule has 0 radical (unpaired) electrons. The Balaban J connectivity index is 2.00. The lowest BCUT2D eigenvalue weighted by Gasteiger charge is -2.17. The first-order chi connectivity index (χ1) is 11.2. The van der Waals surface area contributed by atoms with E-state index < -0.39 is 11.9 Å². The number of hydrogen-bond acceptors (Lipinski definition) is 4. The zero-order valence-electron chi connectivity index (χ0n) is 12.4. The first-order valence-electron chi connectivity index (χ1n) is 7.01. The van der Waals surface area contributed by atoms with Crippen LogP contribution in [0.15, 0.2) is 42.9 Å². The third-order valence-corrected chi connectivity index (χ3v) is 3.28. The van der Waals surface area contributed by atoms with Crippen LogP contribution in [0, 0.1) is 17.7 Å². The fraction of sp³-hybridized carbons (Fsp3) is 0.176. The Hall–Kier alpha value is -2.91. The summed E-state index contributed by atoms with van der Waals surface area (Å²) in [5, 5.41) is 13.8. The quantitative estimate of drug-likeness (QED) is 0.751. The van der Waals surface area contributed by atoms with Crippen molar-refractivity contribution in [2.45, 2.75) is 13.0 Å². The summed E-state index contributed by atoms with van der Waals surface area (Å²) in [7, 11) is 0. The van der Waals surface area contributed by atoms with E-state index in [2.05, 4.69) is 21.9 Å². The van der Waals surface area contributed by atoms with Crippen molar-refractivity contribution in [2.75, 3.05) is 6.61 Å². The third kappa shape index (κ3) is 3.00. The Kier molecular flexibility index (Phi) is 4.22. The third-order valence-electron chi connectivity index (χ3n) is 3.28. The standard InChI is InChI=1S/C17H14FN3O2/c1-2-4-12-9-20-21-8-3-5-15(17(12)21)23-16(11-22)14-7-6-13(18)10-19-14/h3,5-10,16,22H,11H2,1H3/t16-/m1/s1. The predicted octanol–water partition coefficient (Wildman–Crippen LogP) is 2.35. The largest absolute Gasteiger partial charge is 0.479 e. The lowest BCUT2D eigenvalue weighted by molar-refractivity contribution is 0.114. The molecule has 1 N–H and O–H groups in total. The van der Waals surface area contributed by atoms with Crippen LogP contribution in [0.4, 0.5) is 4.39 Å². The van der Waals surface area contributed by atoms with Crippen LogP contribution >= 0.6 is 0 Å². The molecule has 0 aliphatic heterocycles. The Bertz CT molecular complexity index is 878. The second-order valence-corrected chi connectivity index (χ2v) is 4.79. The minimum Gasteiger partial charge on any atom is -0.479 e. The molecule has 0 amide bonds. The summed E-state index contributed by atoms with van der Waals surface area (Å²) in [5.74, 6) is 5.88. The number of aliphatic hydroxyl groups is 1. The van der Waals surface area contributed by atoms with Crippen molar-refractivity contribution in [3.05, 3.63) is 59.9 Å². The minimum absolute atomic E-state index is 0.289. The van der Waals surface area contributed by atoms with Crippen molar-refractivity contribution in [2.24, 2.45) is 0 Å². The van der Waals surface area contributed by atoms with Crippen LogP contribution in [0.1, 0.15) is 24.3 Å². The van der Waals surface area contributed by atoms with Gasteiger partial charge in [-0.1, -0.05) is 5.92 Å². The van der Waals surface area contributed by atoms with Gasteiger partial charge in [-0.15, -0.1) is 5.92 Å². The Morgan fingerprint density at radius 2 is 2.22 bits per heavy atom. The molecule has 3 aromatic rings. The molecule has 0 saturated heterocycles. The number of aromatic nitrogens is 3. The molecule has 0 aromatic carbocycles. The van der Waals surface area contributed by atoms with Crippen LogP contribution in [0.3, 0.4) is 0 Å². The Morgan fingerprint density at radius 1 is 1.35 bits per heavy atom. The van der Waals surface area contributed by atoms with E-state index in [0.717, 1.165) is 11.8 Å². The average Bonchev–Trinajstić information content (AvgIpc) is 2.98. The highest BCUT2D eigenvalue weighted by Gasteiger charge is 2.17. The number of fused-ring (bicyclic) bond motifs is 1. The Morgan fingerprint density at radius 3 is 2.91 bits per heavy atom. The molecule has 3 aromatic heterocycles. The number of ether oxygens (including phenoxy) is 1. The molecule has 0 fully saturated rings. The summed E-state index contributed by atoms with van der Waals surface area (Å²) in [4.78, 5) is 3.96. The number of nitrogens with zero attached hydrogens (tertiary/aromatic N) is 3. The van der Waals surface area contributed by atoms with E-state index in [1.165, 1.54) is 12.1 Å². The molecule has 0 spiro atoms. The molecule has 0 unspecified atom stereocenters. The summed E-state index contributed by atoms with van der Waals surface area (Å²) in [6.45, 7) is 1.45. The fourth-order valence-electron chi connectivity index (χ4n) is 2.26. The van der Waals surface area contributed by atoms with Gasteiger partial charge in [0.1, 0.15) is 17.1 Å². The van der Waals surface area contributed by atoms with Crippen LogP contribution in [0.5, 0.6) is 5.75 Å². The molecule has 3 rings (SSSR count). The van der Waals surface area contributed by atoms with Crippen molar-refractivity contribution < 1.29 is 14.2 Å². The first-order valence-corrected chi connectivity index (χ1v) is 7.01. The monoisotopic (exact) mass is 311 g/mol. The molecule has 0 aliphatic rings. The summed E-state index contributed by atoms with van der Waals surface area (Å²) >= 11 is 0. The van der Waals surface area contributed by atoms with Crippen LogP contribution in [0.2, 0.25) is 0 Å². The molecule has 1 atom stereocenters. The molecule has 23 heavy (non-hydrogen) atoms. The molecule has 0 bridgehead atoms. The molecular formula is C17H14FN3O2. The van der Waals surface area contributed by atoms with Gasteiger partial charge in [0.25, 0.3) is 0 Å². The lowest BCUT2D eigenvalue weighted by Crippen LogP contribution is -2.14. The van der Waals surface area contributed by atoms with Gasteiger partial charge in [-0.25, -0.2) is 8.91 Å². The summed E-state index contributed by atoms with van der Waals surface area (Å²) < 4.78 is 20.5. The maximum absolute atomic E-state index is 13.0. The molecule has 5 nitrogen and oxygen atoms in total. The van der Waals surface area contributed by atoms with E-state index in [-0.39, 0.29) is 6.61 Å². The van der Waals surface area contributed by atoms with E-state index in [0.29, 0.717) is 17.0 Å². The number of pyridine rings is 2. The molecule has 0 aliphatic carbocycles. The molecule has 116 valence electrons. The Labute approximate surface area is 132 Å². The maximum Gasteiger partial charge on any atom is 0.163 e. The highest BCUT2D eigenvalue weighted by atomic mass is 19.1. The van der Waals surface area contributed by atoms with Crippen LogP contribution in [0.25, 0.3) is 5.52 Å². The SMILES string of the molecule is CC#Cc1cnn2cccc(O[C@H](CO)c3ccc(F)cn3)c12. The second kappa shape index (κ2) is 6.46. The van der Waals surface area contributed by atoms with Crippen LogP contribution < -0.4 is 4.74 Å². The minimum atomic E-state index is -0.709. The van der Waals surface area contributed by atoms with Gasteiger partial charge >= 0.3 is 0 Å². The van der Waals surface area contributed by atoms with Gasteiger partial charge < -0.3 is 9.84 Å². The van der Waals surface area contributed by atoms with Crippen molar-refractivity contribution >= 4 is 5.52 Å². The molecule has 6 heteroatoms. The van der Waals surface area contributed by atoms with Crippen molar-refractivity contribution in [3.63, 3.8) is 0 Å². The second-order valence-electron chi connectivity index (χ2n) is 4.79. The average molecular weight is 311 g/mol. The number of aliphatic hydroxyl groups excluding tert-OH is 1. The molecule has 0 saturated carbocycles. The van der Waals surface area contributed by atoms with Gasteiger partial charge in [0.2, 0.25) is 0 Å². The van der Waals surface area contributed by atoms with Gasteiger partial charge in [0.15, 0.2) is 6.10 Å². The highest BCUT2D eigenvalue weighted by molar-refractivity contribution is 5.69. The highest BCUT2D eigenvalue weighted by Crippen LogP contribution is 2.27. The van der Waals surface area contributed by atoms with E-state index >= 15 is 0 Å². The van der Waals surface area contributed by atoms with Crippen LogP contribution in [-0.2, 0) is 0 Å². The number of hydrogen-bond donors (Lipinski definition) is 1. The van der Waals surface area contributed by atoms with E-state index in [4.69, 9.17) is 4.74 Å². The number of rotatable bonds is 4. The zero-order valence-corrected chi connectivity index (χ0v) is 12.4. The van der Waals surface area contributed by atoms with Crippen molar-refractivity contribution in [3.8, 4) is 17.6 Å². The normalized spacial score (nSPS) is 11.8. The predicted molar refractivity (Wildman–Crippen MR) is 82.4 cm³/mol. The smallest absolute Gasteiger partial charge is 0.163 e.